The first-order valence-electron chi connectivity index (χ1n) is 3.93. The molecule has 0 saturated heterocycles. The van der Waals surface area contributed by atoms with E-state index in [9.17, 15) is 0 Å². The van der Waals surface area contributed by atoms with Gasteiger partial charge in [0.1, 0.15) is 14.1 Å². The molecule has 0 saturated carbocycles. The van der Waals surface area contributed by atoms with E-state index in [0.717, 1.165) is 5.57 Å². The second-order valence-corrected chi connectivity index (χ2v) is 2.88. The lowest BCUT2D eigenvalue weighted by molar-refractivity contribution is -0.456. The van der Waals surface area contributed by atoms with Crippen molar-refractivity contribution in [1.29, 1.82) is 0 Å². The van der Waals surface area contributed by atoms with E-state index in [0.29, 0.717) is 0 Å². The zero-order chi connectivity index (χ0) is 10.3. The minimum Gasteiger partial charge on any atom is -0.338 e. The standard InChI is InChI=1S/C11H15N2/c1-6-11(7-9-12(2)3)8-10-13(4)5/h6H,1H2,2-5H3/q+1. The molecule has 0 radical (unpaired) electrons. The lowest BCUT2D eigenvalue weighted by atomic mass is 10.3. The van der Waals surface area contributed by atoms with Gasteiger partial charge >= 0.3 is 0 Å². The molecule has 0 atom stereocenters. The van der Waals surface area contributed by atoms with Gasteiger partial charge in [-0.3, -0.25) is 0 Å². The van der Waals surface area contributed by atoms with Crippen molar-refractivity contribution in [3.8, 4) is 12.0 Å². The highest BCUT2D eigenvalue weighted by molar-refractivity contribution is 5.51. The summed E-state index contributed by atoms with van der Waals surface area (Å²) >= 11 is 0. The number of hydrogen-bond donors (Lipinski definition) is 0. The summed E-state index contributed by atoms with van der Waals surface area (Å²) in [5, 5.41) is 0. The fourth-order valence-electron chi connectivity index (χ4n) is 0.477. The summed E-state index contributed by atoms with van der Waals surface area (Å²) < 4.78 is 1.78. The second-order valence-electron chi connectivity index (χ2n) is 2.88. The van der Waals surface area contributed by atoms with Gasteiger partial charge in [-0.2, -0.15) is 4.58 Å². The summed E-state index contributed by atoms with van der Waals surface area (Å²) in [6.07, 6.45) is 1.66. The summed E-state index contributed by atoms with van der Waals surface area (Å²) in [5.74, 6) is 5.77. The minimum atomic E-state index is 0.738. The Morgan fingerprint density at radius 1 is 1.38 bits per heavy atom. The van der Waals surface area contributed by atoms with Gasteiger partial charge in [-0.25, -0.2) is 0 Å². The zero-order valence-electron chi connectivity index (χ0n) is 8.68. The van der Waals surface area contributed by atoms with Crippen molar-refractivity contribution in [2.45, 2.75) is 0 Å². The molecule has 0 N–H and O–H groups in total. The Morgan fingerprint density at radius 3 is 2.38 bits per heavy atom. The molecule has 0 aromatic rings. The fourth-order valence-corrected chi connectivity index (χ4v) is 0.477. The number of allylic oxidation sites excluding steroid dienone is 2. The van der Waals surface area contributed by atoms with Crippen molar-refractivity contribution in [3.05, 3.63) is 24.0 Å². The van der Waals surface area contributed by atoms with Crippen LogP contribution in [0.15, 0.2) is 24.0 Å². The summed E-state index contributed by atoms with van der Waals surface area (Å²) in [6.45, 7) is 3.64. The average molecular weight is 175 g/mol. The van der Waals surface area contributed by atoms with Crippen molar-refractivity contribution in [2.75, 3.05) is 28.2 Å². The van der Waals surface area contributed by atoms with Crippen LogP contribution in [0.2, 0.25) is 0 Å². The molecule has 68 valence electrons. The third-order valence-corrected chi connectivity index (χ3v) is 1.03. The Morgan fingerprint density at radius 2 is 2.00 bits per heavy atom. The molecule has 13 heavy (non-hydrogen) atoms. The lowest BCUT2D eigenvalue weighted by Crippen LogP contribution is -2.00. The first kappa shape index (κ1) is 11.3. The van der Waals surface area contributed by atoms with E-state index in [4.69, 9.17) is 0 Å². The zero-order valence-corrected chi connectivity index (χ0v) is 8.68. The van der Waals surface area contributed by atoms with Gasteiger partial charge in [0.25, 0.3) is 0 Å². The highest BCUT2D eigenvalue weighted by Gasteiger charge is 1.81. The molecule has 2 heteroatoms. The van der Waals surface area contributed by atoms with Gasteiger partial charge in [0.2, 0.25) is 5.87 Å². The van der Waals surface area contributed by atoms with Crippen molar-refractivity contribution in [1.82, 2.24) is 4.90 Å². The van der Waals surface area contributed by atoms with Crippen LogP contribution in [0.4, 0.5) is 0 Å². The van der Waals surface area contributed by atoms with Gasteiger partial charge in [-0.15, -0.1) is 0 Å². The molecular weight excluding hydrogens is 160 g/mol. The van der Waals surface area contributed by atoms with Crippen molar-refractivity contribution >= 4 is 5.87 Å². The smallest absolute Gasteiger partial charge is 0.222 e. The van der Waals surface area contributed by atoms with E-state index in [1.165, 1.54) is 0 Å². The van der Waals surface area contributed by atoms with E-state index in [1.54, 1.807) is 15.6 Å². The van der Waals surface area contributed by atoms with Crippen LogP contribution >= 0.6 is 0 Å². The molecule has 0 amide bonds. The predicted molar refractivity (Wildman–Crippen MR) is 55.8 cm³/mol. The SMILES string of the molecule is C=CC(=C=C=[N+](C)C)C#CN(C)C. The molecule has 0 unspecified atom stereocenters. The normalized spacial score (nSPS) is 7.08. The maximum atomic E-state index is 3.64. The monoisotopic (exact) mass is 175 g/mol. The Kier molecular flexibility index (Phi) is 5.15. The van der Waals surface area contributed by atoms with E-state index in [-0.39, 0.29) is 0 Å². The molecule has 0 heterocycles. The number of rotatable bonds is 1. The van der Waals surface area contributed by atoms with Gasteiger partial charge < -0.3 is 4.90 Å². The van der Waals surface area contributed by atoms with Crippen LogP contribution in [-0.2, 0) is 0 Å². The van der Waals surface area contributed by atoms with Crippen LogP contribution in [0.1, 0.15) is 0 Å². The van der Waals surface area contributed by atoms with Gasteiger partial charge in [-0.1, -0.05) is 6.58 Å². The summed E-state index contributed by atoms with van der Waals surface area (Å²) in [4.78, 5) is 1.78. The quantitative estimate of drug-likeness (QED) is 0.142. The Labute approximate surface area is 80.2 Å². The molecule has 0 fully saturated rings. The highest BCUT2D eigenvalue weighted by Crippen LogP contribution is 1.87. The number of hydrogen-bond acceptors (Lipinski definition) is 1. The lowest BCUT2D eigenvalue weighted by Gasteiger charge is -1.96. The summed E-state index contributed by atoms with van der Waals surface area (Å²) in [7, 11) is 7.53. The van der Waals surface area contributed by atoms with Crippen molar-refractivity contribution in [2.24, 2.45) is 0 Å². The van der Waals surface area contributed by atoms with Crippen LogP contribution in [-0.4, -0.2) is 43.5 Å². The van der Waals surface area contributed by atoms with E-state index in [1.807, 2.05) is 28.2 Å². The molecule has 0 aromatic heterocycles. The predicted octanol–water partition coefficient (Wildman–Crippen LogP) is 0.718. The molecule has 0 spiro atoms. The molecule has 0 rings (SSSR count). The van der Waals surface area contributed by atoms with Gasteiger partial charge in [-0.05, 0) is 12.0 Å². The summed E-state index contributed by atoms with van der Waals surface area (Å²) in [5.41, 5.74) is 3.64. The van der Waals surface area contributed by atoms with Crippen molar-refractivity contribution < 1.29 is 4.58 Å². The van der Waals surface area contributed by atoms with Crippen LogP contribution in [0.5, 0.6) is 0 Å². The molecule has 0 aromatic carbocycles. The van der Waals surface area contributed by atoms with Crippen molar-refractivity contribution in [3.63, 3.8) is 0 Å². The fraction of sp³-hybridized carbons (Fsp3) is 0.364. The minimum absolute atomic E-state index is 0.738. The molecule has 2 nitrogen and oxygen atoms in total. The topological polar surface area (TPSA) is 6.25 Å². The maximum absolute atomic E-state index is 3.64. The second kappa shape index (κ2) is 5.91. The van der Waals surface area contributed by atoms with E-state index in [2.05, 4.69) is 30.1 Å². The third-order valence-electron chi connectivity index (χ3n) is 1.03. The van der Waals surface area contributed by atoms with E-state index >= 15 is 0 Å². The molecule has 0 bridgehead atoms. The Bertz CT molecular complexity index is 334. The first-order valence-corrected chi connectivity index (χ1v) is 3.93. The van der Waals surface area contributed by atoms with Gasteiger partial charge in [0.15, 0.2) is 0 Å². The van der Waals surface area contributed by atoms with Crippen LogP contribution in [0.3, 0.4) is 0 Å². The molecular formula is C11H15N2+. The Balaban J connectivity index is 4.98. The summed E-state index contributed by atoms with van der Waals surface area (Å²) in [6, 6.07) is 2.87. The molecule has 0 aliphatic rings. The van der Waals surface area contributed by atoms with Gasteiger partial charge in [0.05, 0.1) is 5.57 Å². The highest BCUT2D eigenvalue weighted by atomic mass is 15.0. The Hall–Kier alpha value is -1.67. The largest absolute Gasteiger partial charge is 0.338 e. The number of nitrogens with zero attached hydrogens (tertiary/aromatic N) is 2. The average Bonchev–Trinajstić information content (AvgIpc) is 2.04. The maximum Gasteiger partial charge on any atom is 0.222 e. The first-order chi connectivity index (χ1) is 6.06. The van der Waals surface area contributed by atoms with E-state index < -0.39 is 0 Å². The molecule has 0 aliphatic heterocycles. The van der Waals surface area contributed by atoms with Crippen LogP contribution in [0, 0.1) is 12.0 Å². The third kappa shape index (κ3) is 6.72. The molecule has 0 aliphatic carbocycles. The van der Waals surface area contributed by atoms with Crippen LogP contribution < -0.4 is 0 Å². The van der Waals surface area contributed by atoms with Crippen LogP contribution in [0.25, 0.3) is 0 Å². The van der Waals surface area contributed by atoms with Gasteiger partial charge in [0, 0.05) is 25.9 Å².